The van der Waals surface area contributed by atoms with Gasteiger partial charge in [-0.1, -0.05) is 182 Å². The Kier molecular flexibility index (Phi) is 8.02. The fourth-order valence-corrected chi connectivity index (χ4v) is 11.0. The predicted molar refractivity (Wildman–Crippen MR) is 283 cm³/mol. The van der Waals surface area contributed by atoms with Crippen LogP contribution in [-0.4, -0.2) is 0 Å². The molecular formula is C64H39NO. The van der Waals surface area contributed by atoms with Crippen LogP contribution in [0.15, 0.2) is 241 Å². The summed E-state index contributed by atoms with van der Waals surface area (Å²) >= 11 is 0. The van der Waals surface area contributed by atoms with E-state index in [1.165, 1.54) is 97.3 Å². The Morgan fingerprint density at radius 2 is 0.712 bits per heavy atom. The van der Waals surface area contributed by atoms with Crippen LogP contribution in [0.3, 0.4) is 0 Å². The Morgan fingerprint density at radius 3 is 1.41 bits per heavy atom. The van der Waals surface area contributed by atoms with Crippen LogP contribution in [0.2, 0.25) is 0 Å². The van der Waals surface area contributed by atoms with Crippen molar-refractivity contribution in [3.05, 3.63) is 237 Å². The summed E-state index contributed by atoms with van der Waals surface area (Å²) in [4.78, 5) is 2.39. The third-order valence-electron chi connectivity index (χ3n) is 14.0. The van der Waals surface area contributed by atoms with E-state index in [4.69, 9.17) is 4.42 Å². The molecule has 306 valence electrons. The van der Waals surface area contributed by atoms with Gasteiger partial charge in [-0.2, -0.15) is 0 Å². The molecule has 0 atom stereocenters. The molecule has 0 aliphatic rings. The molecule has 0 unspecified atom stereocenters. The molecule has 0 aliphatic carbocycles. The predicted octanol–water partition coefficient (Wildman–Crippen LogP) is 18.5. The quantitative estimate of drug-likeness (QED) is 0.164. The van der Waals surface area contributed by atoms with E-state index in [-0.39, 0.29) is 0 Å². The largest absolute Gasteiger partial charge is 0.456 e. The van der Waals surface area contributed by atoms with Crippen LogP contribution >= 0.6 is 0 Å². The van der Waals surface area contributed by atoms with Gasteiger partial charge < -0.3 is 9.32 Å². The van der Waals surface area contributed by atoms with E-state index in [9.17, 15) is 0 Å². The topological polar surface area (TPSA) is 16.4 Å². The zero-order valence-electron chi connectivity index (χ0n) is 35.9. The maximum Gasteiger partial charge on any atom is 0.137 e. The highest BCUT2D eigenvalue weighted by Crippen LogP contribution is 2.46. The second-order valence-electron chi connectivity index (χ2n) is 17.5. The van der Waals surface area contributed by atoms with E-state index in [0.717, 1.165) is 39.0 Å². The van der Waals surface area contributed by atoms with Crippen molar-refractivity contribution < 1.29 is 4.42 Å². The van der Waals surface area contributed by atoms with Crippen molar-refractivity contribution in [2.75, 3.05) is 4.90 Å². The van der Waals surface area contributed by atoms with E-state index in [2.05, 4.69) is 235 Å². The molecule has 2 heteroatoms. The normalized spacial score (nSPS) is 11.9. The zero-order chi connectivity index (χ0) is 43.3. The molecule has 0 radical (unpaired) electrons. The van der Waals surface area contributed by atoms with Crippen LogP contribution in [0.4, 0.5) is 17.1 Å². The summed E-state index contributed by atoms with van der Waals surface area (Å²) in [6.45, 7) is 0. The Labute approximate surface area is 380 Å². The number of rotatable bonds is 4. The molecular weight excluding hydrogens is 799 g/mol. The average Bonchev–Trinajstić information content (AvgIpc) is 3.76. The Bertz CT molecular complexity index is 4320. The second-order valence-corrected chi connectivity index (χ2v) is 17.5. The molecule has 1 aromatic heterocycles. The van der Waals surface area contributed by atoms with Gasteiger partial charge in [0.25, 0.3) is 0 Å². The van der Waals surface area contributed by atoms with Gasteiger partial charge >= 0.3 is 0 Å². The first kappa shape index (κ1) is 36.7. The standard InChI is InChI=1S/C64H39NO/c1-2-13-40(14-3-1)41-27-30-45(31-28-41)65(47-33-36-55-54-22-10-11-24-60(54)66-61(55)39-47)46-32-35-53-51-20-7-5-18-49(51)48-17-4-6-19-50(48)52-21-8-9-23-56(52)64-57-34-29-43-16-12-15-42-25-26-44(63(57)62(42)43)37-59(64)58(53)38-46/h1-39H. The van der Waals surface area contributed by atoms with Gasteiger partial charge in [-0.05, 0) is 146 Å². The summed E-state index contributed by atoms with van der Waals surface area (Å²) in [6, 6.07) is 87.0. The summed E-state index contributed by atoms with van der Waals surface area (Å²) in [5.41, 5.74) is 7.23. The molecule has 2 nitrogen and oxygen atoms in total. The highest BCUT2D eigenvalue weighted by Gasteiger charge is 2.20. The number of hydrogen-bond donors (Lipinski definition) is 0. The molecule has 0 spiro atoms. The molecule has 0 aliphatic heterocycles. The molecule has 14 aromatic rings. The zero-order valence-corrected chi connectivity index (χ0v) is 35.9. The fourth-order valence-electron chi connectivity index (χ4n) is 11.0. The van der Waals surface area contributed by atoms with Gasteiger partial charge in [0.15, 0.2) is 0 Å². The first-order valence-corrected chi connectivity index (χ1v) is 22.7. The minimum atomic E-state index is 0.858. The van der Waals surface area contributed by atoms with Gasteiger partial charge in [0.1, 0.15) is 11.2 Å². The van der Waals surface area contributed by atoms with Gasteiger partial charge in [-0.15, -0.1) is 0 Å². The van der Waals surface area contributed by atoms with Gasteiger partial charge in [0, 0.05) is 33.9 Å². The van der Waals surface area contributed by atoms with Crippen molar-refractivity contribution in [3.63, 3.8) is 0 Å². The molecule has 66 heavy (non-hydrogen) atoms. The minimum Gasteiger partial charge on any atom is -0.456 e. The molecule has 0 N–H and O–H groups in total. The van der Waals surface area contributed by atoms with Crippen LogP contribution in [0, 0.1) is 0 Å². The van der Waals surface area contributed by atoms with Crippen LogP contribution in [-0.2, 0) is 0 Å². The van der Waals surface area contributed by atoms with E-state index >= 15 is 0 Å². The number of para-hydroxylation sites is 1. The molecule has 0 fully saturated rings. The van der Waals surface area contributed by atoms with Crippen LogP contribution in [0.25, 0.3) is 119 Å². The van der Waals surface area contributed by atoms with Crippen molar-refractivity contribution in [1.29, 1.82) is 0 Å². The van der Waals surface area contributed by atoms with Crippen LogP contribution in [0.5, 0.6) is 0 Å². The van der Waals surface area contributed by atoms with Crippen molar-refractivity contribution in [1.82, 2.24) is 0 Å². The Morgan fingerprint density at radius 1 is 0.227 bits per heavy atom. The Balaban J connectivity index is 1.16. The third kappa shape index (κ3) is 5.55. The lowest BCUT2D eigenvalue weighted by atomic mass is 9.88. The maximum absolute atomic E-state index is 6.55. The molecule has 0 saturated heterocycles. The Hall–Kier alpha value is -8.72. The third-order valence-corrected chi connectivity index (χ3v) is 14.0. The highest BCUT2D eigenvalue weighted by atomic mass is 16.3. The summed E-state index contributed by atoms with van der Waals surface area (Å²) in [5.74, 6) is 0. The van der Waals surface area contributed by atoms with E-state index < -0.39 is 0 Å². The molecule has 1 heterocycles. The minimum absolute atomic E-state index is 0.858. The van der Waals surface area contributed by atoms with Gasteiger partial charge in [0.05, 0.1) is 0 Å². The summed E-state index contributed by atoms with van der Waals surface area (Å²) < 4.78 is 6.55. The number of furan rings is 1. The summed E-state index contributed by atoms with van der Waals surface area (Å²) in [7, 11) is 0. The summed E-state index contributed by atoms with van der Waals surface area (Å²) in [6.07, 6.45) is 0. The molecule has 0 amide bonds. The lowest BCUT2D eigenvalue weighted by molar-refractivity contribution is 0.669. The van der Waals surface area contributed by atoms with Crippen molar-refractivity contribution >= 4 is 125 Å². The number of hydrogen-bond acceptors (Lipinski definition) is 2. The first-order valence-electron chi connectivity index (χ1n) is 22.7. The van der Waals surface area contributed by atoms with Gasteiger partial charge in [-0.25, -0.2) is 0 Å². The van der Waals surface area contributed by atoms with E-state index in [1.54, 1.807) is 0 Å². The molecule has 14 rings (SSSR count). The van der Waals surface area contributed by atoms with Crippen LogP contribution in [0.1, 0.15) is 0 Å². The average molecular weight is 838 g/mol. The monoisotopic (exact) mass is 837 g/mol. The number of anilines is 3. The molecule has 13 aromatic carbocycles. The van der Waals surface area contributed by atoms with Gasteiger partial charge in [0.2, 0.25) is 0 Å². The highest BCUT2D eigenvalue weighted by molar-refractivity contribution is 6.37. The van der Waals surface area contributed by atoms with Crippen molar-refractivity contribution in [2.24, 2.45) is 0 Å². The van der Waals surface area contributed by atoms with E-state index in [0.29, 0.717) is 0 Å². The van der Waals surface area contributed by atoms with Crippen LogP contribution < -0.4 is 4.90 Å². The van der Waals surface area contributed by atoms with Crippen molar-refractivity contribution in [2.45, 2.75) is 0 Å². The number of nitrogens with zero attached hydrogens (tertiary/aromatic N) is 1. The lowest BCUT2D eigenvalue weighted by Crippen LogP contribution is -2.09. The fraction of sp³-hybridized carbons (Fsp3) is 0. The summed E-state index contributed by atoms with van der Waals surface area (Å²) in [5, 5.41) is 21.9. The SMILES string of the molecule is c1ccc(-c2ccc(N(c3ccc4c(c3)oc3ccccc34)c3ccc4c5ccccc5c5ccccc5c5ccccc5c5c(cc6ccc7cccc8ccc5c6c78)c4c3)cc2)cc1. The second kappa shape index (κ2) is 14.4. The van der Waals surface area contributed by atoms with Gasteiger partial charge in [-0.3, -0.25) is 0 Å². The van der Waals surface area contributed by atoms with Crippen molar-refractivity contribution in [3.8, 4) is 11.1 Å². The maximum atomic E-state index is 6.55. The number of benzene rings is 12. The first-order chi connectivity index (χ1) is 32.7. The molecule has 0 bridgehead atoms. The smallest absolute Gasteiger partial charge is 0.137 e. The number of fused-ring (bicyclic) bond motifs is 14. The molecule has 0 saturated carbocycles. The van der Waals surface area contributed by atoms with E-state index in [1.807, 2.05) is 6.07 Å². The lowest BCUT2D eigenvalue weighted by Gasteiger charge is -2.26.